The topological polar surface area (TPSA) is 52.3 Å². The molecule has 0 aliphatic carbocycles. The van der Waals surface area contributed by atoms with Crippen molar-refractivity contribution in [3.63, 3.8) is 0 Å². The van der Waals surface area contributed by atoms with Crippen molar-refractivity contribution in [1.82, 2.24) is 5.16 Å². The van der Waals surface area contributed by atoms with E-state index in [4.69, 9.17) is 4.52 Å². The first-order chi connectivity index (χ1) is 6.72. The van der Waals surface area contributed by atoms with Gasteiger partial charge in [0.2, 0.25) is 0 Å². The molecule has 0 aliphatic rings. The minimum absolute atomic E-state index is 0.360. The molecule has 14 heavy (non-hydrogen) atoms. The number of benzene rings is 1. The Labute approximate surface area is 80.4 Å². The largest absolute Gasteiger partial charge is 0.465 e. The average molecular weight is 191 g/mol. The van der Waals surface area contributed by atoms with Crippen LogP contribution in [0.1, 0.15) is 15.9 Å². The molecule has 2 aromatic rings. The molecule has 0 radical (unpaired) electrons. The number of carbonyl (C=O) groups is 1. The van der Waals surface area contributed by atoms with Crippen LogP contribution < -0.4 is 0 Å². The van der Waals surface area contributed by atoms with E-state index >= 15 is 0 Å². The lowest BCUT2D eigenvalue weighted by atomic mass is 10.1. The summed E-state index contributed by atoms with van der Waals surface area (Å²) in [4.78, 5) is 11.3. The number of aromatic nitrogens is 1. The molecule has 0 fully saturated rings. The van der Waals surface area contributed by atoms with Crippen molar-refractivity contribution >= 4 is 16.9 Å². The van der Waals surface area contributed by atoms with E-state index in [1.807, 2.05) is 13.0 Å². The van der Waals surface area contributed by atoms with Crippen LogP contribution >= 0.6 is 0 Å². The van der Waals surface area contributed by atoms with Crippen LogP contribution in [0.5, 0.6) is 0 Å². The summed E-state index contributed by atoms with van der Waals surface area (Å²) in [6, 6.07) is 3.49. The summed E-state index contributed by atoms with van der Waals surface area (Å²) >= 11 is 0. The number of fused-ring (bicyclic) bond motifs is 1. The van der Waals surface area contributed by atoms with E-state index in [1.165, 1.54) is 7.11 Å². The summed E-state index contributed by atoms with van der Waals surface area (Å²) in [5, 5.41) is 4.53. The number of carbonyl (C=O) groups excluding carboxylic acids is 1. The average Bonchev–Trinajstić information content (AvgIpc) is 2.62. The Kier molecular flexibility index (Phi) is 1.96. The van der Waals surface area contributed by atoms with Crippen LogP contribution in [0, 0.1) is 6.92 Å². The van der Waals surface area contributed by atoms with Gasteiger partial charge >= 0.3 is 5.97 Å². The standard InChI is InChI=1S/C10H9NO3/c1-6-3-7-5-11-14-9(7)4-8(6)10(12)13-2/h3-5H,1-2H3. The molecule has 72 valence electrons. The van der Waals surface area contributed by atoms with Crippen molar-refractivity contribution in [2.24, 2.45) is 0 Å². The minimum atomic E-state index is -0.360. The molecule has 0 unspecified atom stereocenters. The lowest BCUT2D eigenvalue weighted by Gasteiger charge is -2.02. The lowest BCUT2D eigenvalue weighted by Crippen LogP contribution is -2.03. The summed E-state index contributed by atoms with van der Waals surface area (Å²) < 4.78 is 9.59. The minimum Gasteiger partial charge on any atom is -0.465 e. The highest BCUT2D eigenvalue weighted by Crippen LogP contribution is 2.19. The molecule has 1 aromatic heterocycles. The Balaban J connectivity index is 2.64. The summed E-state index contributed by atoms with van der Waals surface area (Å²) in [6.07, 6.45) is 1.61. The number of esters is 1. The van der Waals surface area contributed by atoms with Gasteiger partial charge in [0, 0.05) is 5.39 Å². The van der Waals surface area contributed by atoms with Gasteiger partial charge in [-0.15, -0.1) is 0 Å². The molecule has 0 aliphatic heterocycles. The van der Waals surface area contributed by atoms with Gasteiger partial charge in [0.15, 0.2) is 5.58 Å². The Hall–Kier alpha value is -1.84. The van der Waals surface area contributed by atoms with Gasteiger partial charge in [-0.25, -0.2) is 4.79 Å². The van der Waals surface area contributed by atoms with Crippen molar-refractivity contribution in [1.29, 1.82) is 0 Å². The number of nitrogens with zero attached hydrogens (tertiary/aromatic N) is 1. The molecule has 0 atom stereocenters. The van der Waals surface area contributed by atoms with Crippen LogP contribution in [0.4, 0.5) is 0 Å². The molecule has 0 N–H and O–H groups in total. The maximum Gasteiger partial charge on any atom is 0.338 e. The van der Waals surface area contributed by atoms with Crippen molar-refractivity contribution in [2.45, 2.75) is 6.92 Å². The number of hydrogen-bond donors (Lipinski definition) is 0. The molecule has 4 heteroatoms. The number of rotatable bonds is 1. The van der Waals surface area contributed by atoms with Crippen LogP contribution in [0.2, 0.25) is 0 Å². The third-order valence-corrected chi connectivity index (χ3v) is 2.10. The molecule has 4 nitrogen and oxygen atoms in total. The second-order valence-electron chi connectivity index (χ2n) is 3.02. The van der Waals surface area contributed by atoms with Gasteiger partial charge < -0.3 is 9.26 Å². The van der Waals surface area contributed by atoms with Crippen molar-refractivity contribution in [2.75, 3.05) is 7.11 Å². The van der Waals surface area contributed by atoms with E-state index in [-0.39, 0.29) is 5.97 Å². The Morgan fingerprint density at radius 1 is 1.50 bits per heavy atom. The fourth-order valence-electron chi connectivity index (χ4n) is 1.36. The van der Waals surface area contributed by atoms with E-state index in [9.17, 15) is 4.79 Å². The maximum atomic E-state index is 11.3. The van der Waals surface area contributed by atoms with E-state index in [2.05, 4.69) is 9.89 Å². The van der Waals surface area contributed by atoms with Crippen LogP contribution in [-0.4, -0.2) is 18.2 Å². The highest BCUT2D eigenvalue weighted by molar-refractivity contribution is 5.95. The number of hydrogen-bond acceptors (Lipinski definition) is 4. The zero-order chi connectivity index (χ0) is 10.1. The summed E-state index contributed by atoms with van der Waals surface area (Å²) in [5.41, 5.74) is 1.96. The van der Waals surface area contributed by atoms with Gasteiger partial charge in [0.05, 0.1) is 18.9 Å². The van der Waals surface area contributed by atoms with E-state index in [0.29, 0.717) is 11.1 Å². The van der Waals surface area contributed by atoms with Crippen molar-refractivity contribution < 1.29 is 14.1 Å². The highest BCUT2D eigenvalue weighted by atomic mass is 16.5. The number of aryl methyl sites for hydroxylation is 1. The van der Waals surface area contributed by atoms with Crippen molar-refractivity contribution in [3.8, 4) is 0 Å². The predicted octanol–water partition coefficient (Wildman–Crippen LogP) is 1.92. The molecule has 0 saturated carbocycles. The van der Waals surface area contributed by atoms with Gasteiger partial charge in [-0.2, -0.15) is 0 Å². The van der Waals surface area contributed by atoms with Crippen LogP contribution in [-0.2, 0) is 4.74 Å². The zero-order valence-corrected chi connectivity index (χ0v) is 7.90. The number of ether oxygens (including phenoxy) is 1. The summed E-state index contributed by atoms with van der Waals surface area (Å²) in [5.74, 6) is -0.360. The Morgan fingerprint density at radius 3 is 3.00 bits per heavy atom. The first kappa shape index (κ1) is 8.74. The predicted molar refractivity (Wildman–Crippen MR) is 50.1 cm³/mol. The van der Waals surface area contributed by atoms with Gasteiger partial charge in [0.25, 0.3) is 0 Å². The molecule has 0 saturated heterocycles. The Bertz CT molecular complexity index is 487. The molecule has 2 rings (SSSR count). The van der Waals surface area contributed by atoms with Crippen LogP contribution in [0.3, 0.4) is 0 Å². The SMILES string of the molecule is COC(=O)c1cc2oncc2cc1C. The second kappa shape index (κ2) is 3.14. The molecule has 0 amide bonds. The molecular weight excluding hydrogens is 182 g/mol. The molecular formula is C10H9NO3. The first-order valence-electron chi connectivity index (χ1n) is 4.15. The first-order valence-corrected chi connectivity index (χ1v) is 4.15. The Morgan fingerprint density at radius 2 is 2.29 bits per heavy atom. The quantitative estimate of drug-likeness (QED) is 0.646. The van der Waals surface area contributed by atoms with Crippen molar-refractivity contribution in [3.05, 3.63) is 29.5 Å². The molecule has 1 aromatic carbocycles. The monoisotopic (exact) mass is 191 g/mol. The molecule has 1 heterocycles. The van der Waals surface area contributed by atoms with Gasteiger partial charge in [-0.05, 0) is 24.6 Å². The van der Waals surface area contributed by atoms with Crippen LogP contribution in [0.15, 0.2) is 22.9 Å². The molecule has 0 bridgehead atoms. The summed E-state index contributed by atoms with van der Waals surface area (Å²) in [7, 11) is 1.35. The number of methoxy groups -OCH3 is 1. The molecule has 0 spiro atoms. The lowest BCUT2D eigenvalue weighted by molar-refractivity contribution is 0.0600. The summed E-state index contributed by atoms with van der Waals surface area (Å²) in [6.45, 7) is 1.85. The highest BCUT2D eigenvalue weighted by Gasteiger charge is 2.11. The van der Waals surface area contributed by atoms with E-state index in [1.54, 1.807) is 12.3 Å². The fourth-order valence-corrected chi connectivity index (χ4v) is 1.36. The maximum absolute atomic E-state index is 11.3. The van der Waals surface area contributed by atoms with Gasteiger partial charge in [0.1, 0.15) is 0 Å². The van der Waals surface area contributed by atoms with E-state index < -0.39 is 0 Å². The smallest absolute Gasteiger partial charge is 0.338 e. The fraction of sp³-hybridized carbons (Fsp3) is 0.200. The van der Waals surface area contributed by atoms with Crippen LogP contribution in [0.25, 0.3) is 11.0 Å². The normalized spacial score (nSPS) is 10.4. The van der Waals surface area contributed by atoms with E-state index in [0.717, 1.165) is 10.9 Å². The zero-order valence-electron chi connectivity index (χ0n) is 7.90. The van der Waals surface area contributed by atoms with Gasteiger partial charge in [-0.3, -0.25) is 0 Å². The van der Waals surface area contributed by atoms with Gasteiger partial charge in [-0.1, -0.05) is 5.16 Å². The third-order valence-electron chi connectivity index (χ3n) is 2.10. The second-order valence-corrected chi connectivity index (χ2v) is 3.02. The third kappa shape index (κ3) is 1.25.